The fourth-order valence-electron chi connectivity index (χ4n) is 2.64. The van der Waals surface area contributed by atoms with Crippen molar-refractivity contribution in [1.82, 2.24) is 10.1 Å². The molecule has 1 atom stereocenters. The Morgan fingerprint density at radius 3 is 2.95 bits per heavy atom. The van der Waals surface area contributed by atoms with Gasteiger partial charge in [-0.3, -0.25) is 4.79 Å². The summed E-state index contributed by atoms with van der Waals surface area (Å²) in [6, 6.07) is 7.79. The van der Waals surface area contributed by atoms with Crippen LogP contribution in [-0.2, 0) is 4.79 Å². The van der Waals surface area contributed by atoms with Crippen LogP contribution in [0, 0.1) is 6.92 Å². The summed E-state index contributed by atoms with van der Waals surface area (Å²) < 4.78 is 5.17. The molecule has 1 amide bonds. The summed E-state index contributed by atoms with van der Waals surface area (Å²) >= 11 is 0. The molecule has 1 aliphatic rings. The van der Waals surface area contributed by atoms with Crippen molar-refractivity contribution in [2.75, 3.05) is 16.8 Å². The first-order valence-electron chi connectivity index (χ1n) is 7.60. The summed E-state index contributed by atoms with van der Waals surface area (Å²) in [5.41, 5.74) is 1.86. The van der Waals surface area contributed by atoms with Gasteiger partial charge in [0, 0.05) is 24.3 Å². The number of amides is 1. The zero-order valence-corrected chi connectivity index (χ0v) is 12.9. The van der Waals surface area contributed by atoms with Crippen molar-refractivity contribution in [1.29, 1.82) is 0 Å². The van der Waals surface area contributed by atoms with E-state index in [-0.39, 0.29) is 11.9 Å². The second kappa shape index (κ2) is 6.17. The topological polar surface area (TPSA) is 71.3 Å². The molecule has 1 N–H and O–H groups in total. The maximum Gasteiger partial charge on any atom is 0.248 e. The van der Waals surface area contributed by atoms with Gasteiger partial charge in [0.15, 0.2) is 5.82 Å². The summed E-state index contributed by atoms with van der Waals surface area (Å²) in [6.07, 6.45) is 2.68. The molecule has 2 heterocycles. The molecule has 1 aliphatic heterocycles. The number of carbonyl (C=O) groups is 1. The Kier molecular flexibility index (Phi) is 4.09. The van der Waals surface area contributed by atoms with Crippen LogP contribution in [0.3, 0.4) is 0 Å². The van der Waals surface area contributed by atoms with Gasteiger partial charge in [-0.1, -0.05) is 11.2 Å². The Balaban J connectivity index is 1.75. The van der Waals surface area contributed by atoms with E-state index < -0.39 is 0 Å². The summed E-state index contributed by atoms with van der Waals surface area (Å²) in [6.45, 7) is 4.55. The van der Waals surface area contributed by atoms with Crippen molar-refractivity contribution in [3.63, 3.8) is 0 Å². The summed E-state index contributed by atoms with van der Waals surface area (Å²) in [4.78, 5) is 18.1. The van der Waals surface area contributed by atoms with Crippen LogP contribution in [0.25, 0.3) is 0 Å². The van der Waals surface area contributed by atoms with Gasteiger partial charge in [-0.05, 0) is 44.9 Å². The van der Waals surface area contributed by atoms with Crippen LogP contribution in [0.1, 0.15) is 43.9 Å². The lowest BCUT2D eigenvalue weighted by Gasteiger charge is -2.27. The quantitative estimate of drug-likeness (QED) is 0.939. The van der Waals surface area contributed by atoms with E-state index >= 15 is 0 Å². The van der Waals surface area contributed by atoms with Gasteiger partial charge in [-0.2, -0.15) is 4.98 Å². The number of benzene rings is 1. The van der Waals surface area contributed by atoms with Crippen LogP contribution in [0.5, 0.6) is 0 Å². The lowest BCUT2D eigenvalue weighted by Crippen LogP contribution is -2.35. The molecule has 116 valence electrons. The second-order valence-electron chi connectivity index (χ2n) is 5.60. The number of aromatic nitrogens is 2. The molecule has 0 spiro atoms. The van der Waals surface area contributed by atoms with Gasteiger partial charge in [0.2, 0.25) is 11.8 Å². The molecule has 3 rings (SSSR count). The standard InChI is InChI=1S/C16H20N4O2/c1-11(16-18-12(2)19-22-16)17-13-6-5-7-14(10-13)20-9-4-3-8-15(20)21/h5-7,10-11,17H,3-4,8-9H2,1-2H3/t11-/m0/s1. The third kappa shape index (κ3) is 3.10. The van der Waals surface area contributed by atoms with Crippen LogP contribution in [-0.4, -0.2) is 22.6 Å². The molecule has 0 unspecified atom stereocenters. The minimum absolute atomic E-state index is 0.0893. The Bertz CT molecular complexity index is 668. The Morgan fingerprint density at radius 2 is 2.23 bits per heavy atom. The molecule has 1 aromatic heterocycles. The van der Waals surface area contributed by atoms with Gasteiger partial charge in [0.1, 0.15) is 6.04 Å². The fraction of sp³-hybridized carbons (Fsp3) is 0.438. The molecule has 0 bridgehead atoms. The number of piperidine rings is 1. The molecular weight excluding hydrogens is 280 g/mol. The van der Waals surface area contributed by atoms with Gasteiger partial charge in [-0.15, -0.1) is 0 Å². The zero-order chi connectivity index (χ0) is 15.5. The Hall–Kier alpha value is -2.37. The molecule has 6 heteroatoms. The highest BCUT2D eigenvalue weighted by Gasteiger charge is 2.20. The smallest absolute Gasteiger partial charge is 0.248 e. The highest BCUT2D eigenvalue weighted by atomic mass is 16.5. The molecule has 2 aromatic rings. The average molecular weight is 300 g/mol. The van der Waals surface area contributed by atoms with E-state index in [1.165, 1.54) is 0 Å². The van der Waals surface area contributed by atoms with Crippen molar-refractivity contribution >= 4 is 17.3 Å². The van der Waals surface area contributed by atoms with E-state index in [9.17, 15) is 4.79 Å². The van der Waals surface area contributed by atoms with Crippen molar-refractivity contribution in [3.05, 3.63) is 36.0 Å². The second-order valence-corrected chi connectivity index (χ2v) is 5.60. The number of rotatable bonds is 4. The maximum atomic E-state index is 12.0. The van der Waals surface area contributed by atoms with Gasteiger partial charge in [0.25, 0.3) is 0 Å². The molecular formula is C16H20N4O2. The minimum atomic E-state index is -0.0893. The van der Waals surface area contributed by atoms with E-state index in [2.05, 4.69) is 15.5 Å². The van der Waals surface area contributed by atoms with E-state index in [4.69, 9.17) is 4.52 Å². The lowest BCUT2D eigenvalue weighted by molar-refractivity contribution is -0.119. The third-order valence-corrected chi connectivity index (χ3v) is 3.78. The van der Waals surface area contributed by atoms with Crippen LogP contribution in [0.2, 0.25) is 0 Å². The first-order valence-corrected chi connectivity index (χ1v) is 7.60. The van der Waals surface area contributed by atoms with Gasteiger partial charge >= 0.3 is 0 Å². The average Bonchev–Trinajstić information content (AvgIpc) is 2.95. The monoisotopic (exact) mass is 300 g/mol. The number of anilines is 2. The summed E-state index contributed by atoms with van der Waals surface area (Å²) in [7, 11) is 0. The van der Waals surface area contributed by atoms with Gasteiger partial charge in [0.05, 0.1) is 0 Å². The van der Waals surface area contributed by atoms with E-state index in [1.54, 1.807) is 6.92 Å². The van der Waals surface area contributed by atoms with Crippen molar-refractivity contribution in [3.8, 4) is 0 Å². The Labute approximate surface area is 129 Å². The van der Waals surface area contributed by atoms with Crippen molar-refractivity contribution in [2.24, 2.45) is 0 Å². The molecule has 22 heavy (non-hydrogen) atoms. The molecule has 1 fully saturated rings. The van der Waals surface area contributed by atoms with Gasteiger partial charge in [-0.25, -0.2) is 0 Å². The van der Waals surface area contributed by atoms with Crippen molar-refractivity contribution < 1.29 is 9.32 Å². The maximum absolute atomic E-state index is 12.0. The number of aryl methyl sites for hydroxylation is 1. The zero-order valence-electron chi connectivity index (χ0n) is 12.9. The number of hydrogen-bond acceptors (Lipinski definition) is 5. The summed E-state index contributed by atoms with van der Waals surface area (Å²) in [5.74, 6) is 1.37. The van der Waals surface area contributed by atoms with Gasteiger partial charge < -0.3 is 14.7 Å². The van der Waals surface area contributed by atoms with Crippen LogP contribution < -0.4 is 10.2 Å². The first kappa shape index (κ1) is 14.6. The number of hydrogen-bond donors (Lipinski definition) is 1. The largest absolute Gasteiger partial charge is 0.374 e. The van der Waals surface area contributed by atoms with Crippen LogP contribution >= 0.6 is 0 Å². The van der Waals surface area contributed by atoms with Crippen LogP contribution in [0.4, 0.5) is 11.4 Å². The molecule has 1 saturated heterocycles. The molecule has 0 aliphatic carbocycles. The molecule has 1 aromatic carbocycles. The molecule has 0 saturated carbocycles. The lowest BCUT2D eigenvalue weighted by atomic mass is 10.1. The Morgan fingerprint density at radius 1 is 1.36 bits per heavy atom. The van der Waals surface area contributed by atoms with E-state index in [0.717, 1.165) is 30.8 Å². The first-order chi connectivity index (χ1) is 10.6. The normalized spacial score (nSPS) is 16.6. The predicted octanol–water partition coefficient (Wildman–Crippen LogP) is 3.07. The van der Waals surface area contributed by atoms with E-state index in [0.29, 0.717) is 18.1 Å². The number of carbonyl (C=O) groups excluding carboxylic acids is 1. The van der Waals surface area contributed by atoms with Crippen LogP contribution in [0.15, 0.2) is 28.8 Å². The fourth-order valence-corrected chi connectivity index (χ4v) is 2.64. The minimum Gasteiger partial charge on any atom is -0.374 e. The number of nitrogens with zero attached hydrogens (tertiary/aromatic N) is 3. The summed E-state index contributed by atoms with van der Waals surface area (Å²) in [5, 5.41) is 7.13. The molecule has 6 nitrogen and oxygen atoms in total. The highest BCUT2D eigenvalue weighted by Crippen LogP contribution is 2.25. The highest BCUT2D eigenvalue weighted by molar-refractivity contribution is 5.94. The SMILES string of the molecule is Cc1noc([C@H](C)Nc2cccc(N3CCCCC3=O)c2)n1. The number of nitrogens with one attached hydrogen (secondary N) is 1. The van der Waals surface area contributed by atoms with Crippen molar-refractivity contribution in [2.45, 2.75) is 39.2 Å². The molecule has 0 radical (unpaired) electrons. The predicted molar refractivity (Wildman–Crippen MR) is 83.7 cm³/mol. The third-order valence-electron chi connectivity index (χ3n) is 3.78. The van der Waals surface area contributed by atoms with E-state index in [1.807, 2.05) is 36.1 Å².